The first-order valence-corrected chi connectivity index (χ1v) is 12.1. The summed E-state index contributed by atoms with van der Waals surface area (Å²) >= 11 is 0. The Bertz CT molecular complexity index is 1310. The first-order valence-electron chi connectivity index (χ1n) is 10.6. The van der Waals surface area contributed by atoms with Crippen molar-refractivity contribution >= 4 is 38.2 Å². The third-order valence-corrected chi connectivity index (χ3v) is 7.47. The van der Waals surface area contributed by atoms with Crippen LogP contribution in [0.3, 0.4) is 0 Å². The topological polar surface area (TPSA) is 135 Å². The summed E-state index contributed by atoms with van der Waals surface area (Å²) in [5.41, 5.74) is 0.930. The fourth-order valence-corrected chi connectivity index (χ4v) is 5.59. The van der Waals surface area contributed by atoms with Gasteiger partial charge in [-0.3, -0.25) is 14.9 Å². The molecule has 0 aliphatic carbocycles. The molecule has 4 rings (SSSR count). The van der Waals surface area contributed by atoms with Crippen molar-refractivity contribution in [2.75, 3.05) is 25.0 Å². The van der Waals surface area contributed by atoms with Crippen molar-refractivity contribution in [1.29, 1.82) is 0 Å². The van der Waals surface area contributed by atoms with E-state index in [-0.39, 0.29) is 27.6 Å². The van der Waals surface area contributed by atoms with E-state index < -0.39 is 20.9 Å². The van der Waals surface area contributed by atoms with E-state index in [2.05, 4.69) is 10.3 Å². The van der Waals surface area contributed by atoms with Crippen LogP contribution in [0.1, 0.15) is 36.5 Å². The number of nitrogens with zero attached hydrogens (tertiary/aromatic N) is 2. The van der Waals surface area contributed by atoms with Crippen LogP contribution in [0.5, 0.6) is 5.75 Å². The van der Waals surface area contributed by atoms with Crippen molar-refractivity contribution in [1.82, 2.24) is 9.29 Å². The molecule has 1 fully saturated rings. The first kappa shape index (κ1) is 22.7. The molecule has 10 nitrogen and oxygen atoms in total. The number of aromatic nitrogens is 1. The highest BCUT2D eigenvalue weighted by Gasteiger charge is 2.29. The molecule has 33 heavy (non-hydrogen) atoms. The Morgan fingerprint density at radius 2 is 1.94 bits per heavy atom. The number of sulfonamides is 1. The summed E-state index contributed by atoms with van der Waals surface area (Å²) in [6.45, 7) is 2.95. The number of anilines is 1. The number of carbonyl (C=O) groups is 1. The number of hydrogen-bond acceptors (Lipinski definition) is 6. The Morgan fingerprint density at radius 3 is 2.64 bits per heavy atom. The fraction of sp³-hybridized carbons (Fsp3) is 0.318. The molecule has 174 valence electrons. The highest BCUT2D eigenvalue weighted by molar-refractivity contribution is 7.89. The predicted octanol–water partition coefficient (Wildman–Crippen LogP) is 3.90. The van der Waals surface area contributed by atoms with Gasteiger partial charge in [0.2, 0.25) is 10.0 Å². The fourth-order valence-electron chi connectivity index (χ4n) is 3.91. The zero-order valence-corrected chi connectivity index (χ0v) is 18.9. The monoisotopic (exact) mass is 472 g/mol. The number of ether oxygens (including phenoxy) is 1. The van der Waals surface area contributed by atoms with Crippen molar-refractivity contribution in [3.05, 3.63) is 58.3 Å². The van der Waals surface area contributed by atoms with Gasteiger partial charge in [0.15, 0.2) is 0 Å². The largest absolute Gasteiger partial charge is 0.492 e. The van der Waals surface area contributed by atoms with Crippen molar-refractivity contribution in [2.45, 2.75) is 31.1 Å². The van der Waals surface area contributed by atoms with Gasteiger partial charge in [-0.15, -0.1) is 0 Å². The average molecular weight is 473 g/mol. The maximum absolute atomic E-state index is 13.3. The van der Waals surface area contributed by atoms with Gasteiger partial charge in [0.1, 0.15) is 10.6 Å². The molecule has 0 saturated carbocycles. The molecule has 0 atom stereocenters. The van der Waals surface area contributed by atoms with Gasteiger partial charge in [0.25, 0.3) is 11.6 Å². The second-order valence-corrected chi connectivity index (χ2v) is 9.61. The summed E-state index contributed by atoms with van der Waals surface area (Å²) in [6, 6.07) is 8.69. The molecule has 2 N–H and O–H groups in total. The summed E-state index contributed by atoms with van der Waals surface area (Å²) in [4.78, 5) is 26.4. The van der Waals surface area contributed by atoms with Gasteiger partial charge in [-0.25, -0.2) is 8.42 Å². The van der Waals surface area contributed by atoms with Crippen molar-refractivity contribution in [3.63, 3.8) is 0 Å². The normalized spacial score (nSPS) is 14.8. The zero-order chi connectivity index (χ0) is 23.6. The number of nitrogens with one attached hydrogen (secondary N) is 2. The predicted molar refractivity (Wildman–Crippen MR) is 123 cm³/mol. The van der Waals surface area contributed by atoms with Gasteiger partial charge in [-0.2, -0.15) is 4.31 Å². The van der Waals surface area contributed by atoms with Crippen LogP contribution in [0.15, 0.2) is 47.5 Å². The Labute approximate surface area is 190 Å². The summed E-state index contributed by atoms with van der Waals surface area (Å²) in [5, 5.41) is 14.2. The lowest BCUT2D eigenvalue weighted by molar-refractivity contribution is -0.384. The quantitative estimate of drug-likeness (QED) is 0.395. The number of rotatable bonds is 7. The minimum Gasteiger partial charge on any atom is -0.492 e. The average Bonchev–Trinajstić information content (AvgIpc) is 3.24. The summed E-state index contributed by atoms with van der Waals surface area (Å²) in [5.74, 6) is -0.295. The van der Waals surface area contributed by atoms with Crippen molar-refractivity contribution in [3.8, 4) is 5.75 Å². The number of nitro groups is 1. The summed E-state index contributed by atoms with van der Waals surface area (Å²) in [7, 11) is -3.80. The third-order valence-electron chi connectivity index (χ3n) is 5.56. The number of non-ortho nitro benzene ring substituents is 1. The molecule has 1 saturated heterocycles. The van der Waals surface area contributed by atoms with Crippen LogP contribution in [0.25, 0.3) is 10.9 Å². The number of amides is 1. The highest BCUT2D eigenvalue weighted by Crippen LogP contribution is 2.32. The molecule has 2 aromatic carbocycles. The second kappa shape index (κ2) is 9.20. The minimum absolute atomic E-state index is 0.00128. The lowest BCUT2D eigenvalue weighted by Gasteiger charge is -2.27. The number of benzene rings is 2. The number of carbonyl (C=O) groups excluding carboxylic acids is 1. The molecule has 2 heterocycles. The van der Waals surface area contributed by atoms with E-state index in [1.54, 1.807) is 13.0 Å². The number of nitro benzene ring substituents is 1. The Kier molecular flexibility index (Phi) is 6.34. The van der Waals surface area contributed by atoms with Crippen molar-refractivity contribution < 1.29 is 22.9 Å². The molecular formula is C22H24N4O6S. The standard InChI is InChI=1S/C22H24N4O6S/c1-2-32-20-9-6-15(12-21(20)33(30,31)25-10-4-3-5-11-25)24-22(27)18-14-23-19-8-7-16(26(28)29)13-17(18)19/h6-9,12-14,23H,2-5,10-11H2,1H3,(H,24,27). The number of fused-ring (bicyclic) bond motifs is 1. The van der Waals surface area contributed by atoms with Gasteiger partial charge >= 0.3 is 0 Å². The van der Waals surface area contributed by atoms with Gasteiger partial charge in [0, 0.05) is 48.0 Å². The van der Waals surface area contributed by atoms with Crippen LogP contribution >= 0.6 is 0 Å². The molecular weight excluding hydrogens is 448 g/mol. The van der Waals surface area contributed by atoms with E-state index in [1.807, 2.05) is 0 Å². The van der Waals surface area contributed by atoms with Crippen LogP contribution < -0.4 is 10.1 Å². The molecule has 1 aromatic heterocycles. The molecule has 0 bridgehead atoms. The third kappa shape index (κ3) is 4.55. The molecule has 1 amide bonds. The van der Waals surface area contributed by atoms with Crippen LogP contribution in [0, 0.1) is 10.1 Å². The number of piperidine rings is 1. The van der Waals surface area contributed by atoms with E-state index in [9.17, 15) is 23.3 Å². The summed E-state index contributed by atoms with van der Waals surface area (Å²) in [6.07, 6.45) is 4.05. The molecule has 0 spiro atoms. The first-order chi connectivity index (χ1) is 15.8. The van der Waals surface area contributed by atoms with Crippen molar-refractivity contribution in [2.24, 2.45) is 0 Å². The van der Waals surface area contributed by atoms with E-state index in [0.29, 0.717) is 30.6 Å². The van der Waals surface area contributed by atoms with Crippen LogP contribution in [-0.4, -0.2) is 48.2 Å². The highest BCUT2D eigenvalue weighted by atomic mass is 32.2. The molecule has 11 heteroatoms. The Balaban J connectivity index is 1.67. The number of H-pyrrole nitrogens is 1. The van der Waals surface area contributed by atoms with Gasteiger partial charge in [0.05, 0.1) is 17.1 Å². The van der Waals surface area contributed by atoms with E-state index in [4.69, 9.17) is 4.74 Å². The minimum atomic E-state index is -3.80. The molecule has 0 radical (unpaired) electrons. The van der Waals surface area contributed by atoms with Crippen LogP contribution in [-0.2, 0) is 10.0 Å². The van der Waals surface area contributed by atoms with Gasteiger partial charge in [-0.1, -0.05) is 6.42 Å². The molecule has 1 aliphatic heterocycles. The molecule has 0 unspecified atom stereocenters. The maximum Gasteiger partial charge on any atom is 0.270 e. The van der Waals surface area contributed by atoms with Crippen LogP contribution in [0.2, 0.25) is 0 Å². The Morgan fingerprint density at radius 1 is 1.18 bits per heavy atom. The summed E-state index contributed by atoms with van der Waals surface area (Å²) < 4.78 is 33.6. The smallest absolute Gasteiger partial charge is 0.270 e. The molecule has 3 aromatic rings. The lowest BCUT2D eigenvalue weighted by Crippen LogP contribution is -2.35. The van der Waals surface area contributed by atoms with Crippen LogP contribution in [0.4, 0.5) is 11.4 Å². The zero-order valence-electron chi connectivity index (χ0n) is 18.0. The lowest BCUT2D eigenvalue weighted by atomic mass is 10.1. The van der Waals surface area contributed by atoms with Gasteiger partial charge in [-0.05, 0) is 44.0 Å². The van der Waals surface area contributed by atoms with E-state index in [0.717, 1.165) is 19.3 Å². The molecule has 1 aliphatic rings. The number of hydrogen-bond donors (Lipinski definition) is 2. The SMILES string of the molecule is CCOc1ccc(NC(=O)c2c[nH]c3ccc([N+](=O)[O-])cc23)cc1S(=O)(=O)N1CCCCC1. The maximum atomic E-state index is 13.3. The van der Waals surface area contributed by atoms with E-state index in [1.165, 1.54) is 40.8 Å². The van der Waals surface area contributed by atoms with E-state index >= 15 is 0 Å². The second-order valence-electron chi connectivity index (χ2n) is 7.70. The number of aromatic amines is 1. The Hall–Kier alpha value is -3.44. The van der Waals surface area contributed by atoms with Gasteiger partial charge < -0.3 is 15.0 Å².